The number of carbonyl (C=O) groups excluding carboxylic acids is 3. The number of pyridine rings is 1. The number of urea groups is 1. The van der Waals surface area contributed by atoms with Gasteiger partial charge in [-0.1, -0.05) is 48.5 Å². The Morgan fingerprint density at radius 3 is 2.29 bits per heavy atom. The molecule has 1 aliphatic heterocycles. The van der Waals surface area contributed by atoms with Gasteiger partial charge in [0.25, 0.3) is 11.8 Å². The quantitative estimate of drug-likeness (QED) is 0.316. The monoisotopic (exact) mass is 574 g/mol. The molecule has 0 bridgehead atoms. The summed E-state index contributed by atoms with van der Waals surface area (Å²) in [5, 5.41) is 3.18. The van der Waals surface area contributed by atoms with Crippen molar-refractivity contribution < 1.29 is 27.6 Å². The average Bonchev–Trinajstić information content (AvgIpc) is 3.11. The molecule has 4 aromatic rings. The van der Waals surface area contributed by atoms with Crippen LogP contribution >= 0.6 is 0 Å². The second kappa shape index (κ2) is 11.1. The van der Waals surface area contributed by atoms with Crippen molar-refractivity contribution >= 4 is 29.2 Å². The molecule has 11 nitrogen and oxygen atoms in total. The molecule has 5 rings (SSSR count). The largest absolute Gasteiger partial charge is 0.433 e. The van der Waals surface area contributed by atoms with Crippen LogP contribution in [0.3, 0.4) is 0 Å². The van der Waals surface area contributed by atoms with E-state index in [-0.39, 0.29) is 11.1 Å². The van der Waals surface area contributed by atoms with Crippen LogP contribution in [0.25, 0.3) is 11.3 Å². The summed E-state index contributed by atoms with van der Waals surface area (Å²) in [6.45, 7) is 1.57. The van der Waals surface area contributed by atoms with Crippen molar-refractivity contribution in [3.05, 3.63) is 107 Å². The second-order valence-electron chi connectivity index (χ2n) is 9.01. The first-order chi connectivity index (χ1) is 20.0. The lowest BCUT2D eigenvalue weighted by molar-refractivity contribution is -0.141. The van der Waals surface area contributed by atoms with Crippen molar-refractivity contribution in [3.63, 3.8) is 0 Å². The van der Waals surface area contributed by atoms with E-state index in [1.807, 2.05) is 0 Å². The van der Waals surface area contributed by atoms with Crippen molar-refractivity contribution in [1.29, 1.82) is 0 Å². The topological polar surface area (TPSA) is 156 Å². The van der Waals surface area contributed by atoms with Gasteiger partial charge >= 0.3 is 12.2 Å². The Labute approximate surface area is 236 Å². The number of primary amides is 1. The molecular weight excluding hydrogens is 553 g/mol. The number of carbonyl (C=O) groups is 3. The van der Waals surface area contributed by atoms with Crippen LogP contribution in [0.15, 0.2) is 84.1 Å². The van der Waals surface area contributed by atoms with Crippen molar-refractivity contribution in [2.45, 2.75) is 19.3 Å². The number of hydrogen-bond acceptors (Lipinski definition) is 7. The molecule has 1 aliphatic rings. The number of alkyl halides is 3. The normalized spacial score (nSPS) is 14.6. The van der Waals surface area contributed by atoms with Crippen LogP contribution in [-0.2, 0) is 11.0 Å². The highest BCUT2D eigenvalue weighted by Crippen LogP contribution is 2.31. The number of halogens is 3. The smallest absolute Gasteiger partial charge is 0.350 e. The highest BCUT2D eigenvalue weighted by atomic mass is 19.4. The predicted molar refractivity (Wildman–Crippen MR) is 145 cm³/mol. The summed E-state index contributed by atoms with van der Waals surface area (Å²) in [6.07, 6.45) is -4.09. The lowest BCUT2D eigenvalue weighted by atomic mass is 10.0. The first-order valence-electron chi connectivity index (χ1n) is 12.3. The van der Waals surface area contributed by atoms with E-state index in [0.717, 1.165) is 6.07 Å². The number of fused-ring (bicyclic) bond motifs is 1. The van der Waals surface area contributed by atoms with Crippen LogP contribution < -0.4 is 16.5 Å². The fraction of sp³-hybridized carbons (Fsp3) is 0.107. The van der Waals surface area contributed by atoms with Gasteiger partial charge in [-0.2, -0.15) is 13.2 Å². The minimum atomic E-state index is -4.81. The molecule has 2 aromatic heterocycles. The molecule has 0 spiro atoms. The number of rotatable bonds is 4. The highest BCUT2D eigenvalue weighted by Gasteiger charge is 2.36. The zero-order valence-electron chi connectivity index (χ0n) is 21.8. The lowest BCUT2D eigenvalue weighted by Gasteiger charge is -2.26. The Hall–Kier alpha value is -5.66. The van der Waals surface area contributed by atoms with Crippen molar-refractivity contribution in [2.75, 3.05) is 5.32 Å². The third-order valence-corrected chi connectivity index (χ3v) is 6.16. The summed E-state index contributed by atoms with van der Waals surface area (Å²) >= 11 is 0. The van der Waals surface area contributed by atoms with Crippen molar-refractivity contribution in [2.24, 2.45) is 10.7 Å². The number of anilines is 1. The Morgan fingerprint density at radius 2 is 1.62 bits per heavy atom. The predicted octanol–water partition coefficient (Wildman–Crippen LogP) is 3.71. The third kappa shape index (κ3) is 5.63. The first-order valence-corrected chi connectivity index (χ1v) is 12.3. The van der Waals surface area contributed by atoms with Gasteiger partial charge in [-0.3, -0.25) is 15.0 Å². The van der Waals surface area contributed by atoms with Gasteiger partial charge in [0.1, 0.15) is 11.5 Å². The molecule has 14 heteroatoms. The fourth-order valence-electron chi connectivity index (χ4n) is 4.19. The maximum absolute atomic E-state index is 13.5. The number of nitrogens with zero attached hydrogens (tertiary/aromatic N) is 5. The third-order valence-electron chi connectivity index (χ3n) is 6.16. The Kier molecular flexibility index (Phi) is 7.35. The molecule has 0 aliphatic carbocycles. The SMILES string of the molecule is Cc1ncc(-c2nc(C(F)(F)F)ccc2C(=O)NN(C(N)=O)[C@@H]2N=C(c3ccccc3)c3ccccc3NC2=O)cn1. The van der Waals surface area contributed by atoms with Crippen LogP contribution in [0.4, 0.5) is 23.7 Å². The van der Waals surface area contributed by atoms with E-state index in [4.69, 9.17) is 5.73 Å². The Morgan fingerprint density at radius 1 is 0.952 bits per heavy atom. The van der Waals surface area contributed by atoms with E-state index in [2.05, 4.69) is 30.7 Å². The van der Waals surface area contributed by atoms with Gasteiger partial charge in [-0.25, -0.2) is 29.7 Å². The molecule has 4 amide bonds. The van der Waals surface area contributed by atoms with Gasteiger partial charge in [0.2, 0.25) is 6.17 Å². The lowest BCUT2D eigenvalue weighted by Crippen LogP contribution is -2.57. The van der Waals surface area contributed by atoms with E-state index in [0.29, 0.717) is 39.4 Å². The molecule has 3 heterocycles. The summed E-state index contributed by atoms with van der Waals surface area (Å²) in [4.78, 5) is 55.5. The van der Waals surface area contributed by atoms with Gasteiger partial charge in [0.05, 0.1) is 22.7 Å². The summed E-state index contributed by atoms with van der Waals surface area (Å²) in [5.74, 6) is -1.55. The minimum absolute atomic E-state index is 0.00881. The van der Waals surface area contributed by atoms with Crippen LogP contribution in [-0.4, -0.2) is 49.7 Å². The number of para-hydroxylation sites is 1. The van der Waals surface area contributed by atoms with Crippen LogP contribution in [0.2, 0.25) is 0 Å². The number of aromatic nitrogens is 3. The van der Waals surface area contributed by atoms with Gasteiger partial charge in [-0.15, -0.1) is 0 Å². The molecule has 42 heavy (non-hydrogen) atoms. The molecule has 0 radical (unpaired) electrons. The van der Waals surface area contributed by atoms with Crippen LogP contribution in [0.1, 0.15) is 33.0 Å². The molecular formula is C28H21F3N8O3. The Bertz CT molecular complexity index is 1710. The molecule has 1 atom stereocenters. The van der Waals surface area contributed by atoms with Gasteiger partial charge in [-0.05, 0) is 25.1 Å². The molecule has 212 valence electrons. The number of aliphatic imine (C=N–C) groups is 1. The number of hydrogen-bond donors (Lipinski definition) is 3. The van der Waals surface area contributed by atoms with E-state index in [1.165, 1.54) is 12.4 Å². The van der Waals surface area contributed by atoms with Crippen LogP contribution in [0.5, 0.6) is 0 Å². The minimum Gasteiger partial charge on any atom is -0.350 e. The maximum Gasteiger partial charge on any atom is 0.433 e. The fourth-order valence-corrected chi connectivity index (χ4v) is 4.19. The number of benzene rings is 2. The van der Waals surface area contributed by atoms with E-state index in [9.17, 15) is 27.6 Å². The Balaban J connectivity index is 1.57. The van der Waals surface area contributed by atoms with Crippen LogP contribution in [0, 0.1) is 6.92 Å². The first kappa shape index (κ1) is 27.9. The standard InChI is InChI=1S/C28H21F3N8O3/c1-15-33-13-17(14-34-15)23-19(11-12-21(36-23)28(29,30)31)25(40)38-39(27(32)42)24-26(41)35-20-10-6-5-9-18(20)22(37-24)16-7-3-2-4-8-16/h2-14,24H,1H3,(H2,32,42)(H,35,41)(H,38,40)/t24-/m0/s1. The number of nitrogens with two attached hydrogens (primary N) is 1. The average molecular weight is 575 g/mol. The van der Waals surface area contributed by atoms with Gasteiger partial charge < -0.3 is 11.1 Å². The number of hydrazine groups is 1. The summed E-state index contributed by atoms with van der Waals surface area (Å²) < 4.78 is 40.5. The van der Waals surface area contributed by atoms with Gasteiger partial charge in [0, 0.05) is 29.1 Å². The molecule has 2 aromatic carbocycles. The van der Waals surface area contributed by atoms with Crippen molar-refractivity contribution in [1.82, 2.24) is 25.4 Å². The zero-order chi connectivity index (χ0) is 30.0. The molecule has 4 N–H and O–H groups in total. The number of nitrogens with one attached hydrogen (secondary N) is 2. The summed E-state index contributed by atoms with van der Waals surface area (Å²) in [6, 6.07) is 15.9. The molecule has 0 saturated carbocycles. The highest BCUT2D eigenvalue weighted by molar-refractivity contribution is 6.19. The molecule has 0 unspecified atom stereocenters. The summed E-state index contributed by atoms with van der Waals surface area (Å²) in [5.41, 5.74) is 7.66. The second-order valence-corrected chi connectivity index (χ2v) is 9.01. The van der Waals surface area contributed by atoms with E-state index < -0.39 is 41.6 Å². The summed E-state index contributed by atoms with van der Waals surface area (Å²) in [7, 11) is 0. The maximum atomic E-state index is 13.5. The van der Waals surface area contributed by atoms with E-state index in [1.54, 1.807) is 61.5 Å². The number of aryl methyl sites for hydroxylation is 1. The van der Waals surface area contributed by atoms with Gasteiger partial charge in [0.15, 0.2) is 0 Å². The molecule has 0 saturated heterocycles. The number of benzodiazepines with no additional fused rings is 1. The zero-order valence-corrected chi connectivity index (χ0v) is 21.8. The van der Waals surface area contributed by atoms with E-state index >= 15 is 0 Å². The number of amides is 4. The molecule has 0 fully saturated rings. The van der Waals surface area contributed by atoms with Crippen molar-refractivity contribution in [3.8, 4) is 11.3 Å².